The molecule has 1 aliphatic rings. The van der Waals surface area contributed by atoms with Crippen LogP contribution in [0.2, 0.25) is 0 Å². The first-order valence-corrected chi connectivity index (χ1v) is 5.23. The number of hydrogen-bond acceptors (Lipinski definition) is 4. The molecule has 6 nitrogen and oxygen atoms in total. The molecule has 0 unspecified atom stereocenters. The minimum Gasteiger partial charge on any atom is -0.486 e. The molecule has 2 amide bonds. The summed E-state index contributed by atoms with van der Waals surface area (Å²) in [7, 11) is 1.50. The van der Waals surface area contributed by atoms with Crippen LogP contribution in [0.15, 0.2) is 18.2 Å². The predicted octanol–water partition coefficient (Wildman–Crippen LogP) is 1.18. The van der Waals surface area contributed by atoms with Crippen LogP contribution in [0.5, 0.6) is 11.5 Å². The van der Waals surface area contributed by atoms with Crippen LogP contribution in [0.25, 0.3) is 0 Å². The smallest absolute Gasteiger partial charge is 0.321 e. The van der Waals surface area contributed by atoms with Crippen molar-refractivity contribution in [3.8, 4) is 11.5 Å². The van der Waals surface area contributed by atoms with Gasteiger partial charge < -0.3 is 24.8 Å². The van der Waals surface area contributed by atoms with Crippen molar-refractivity contribution in [2.24, 2.45) is 0 Å². The van der Waals surface area contributed by atoms with Gasteiger partial charge in [0.15, 0.2) is 11.5 Å². The van der Waals surface area contributed by atoms with Gasteiger partial charge in [-0.1, -0.05) is 0 Å². The normalized spacial score (nSPS) is 13.0. The highest BCUT2D eigenvalue weighted by atomic mass is 16.6. The molecular formula is C11H14N2O4. The molecule has 1 aromatic rings. The number of urea groups is 1. The Kier molecular flexibility index (Phi) is 3.66. The number of nitrogens with one attached hydrogen (secondary N) is 2. The molecule has 1 heterocycles. The van der Waals surface area contributed by atoms with Gasteiger partial charge in [-0.05, 0) is 12.1 Å². The third kappa shape index (κ3) is 3.01. The minimum atomic E-state index is -0.330. The van der Waals surface area contributed by atoms with Gasteiger partial charge >= 0.3 is 6.03 Å². The maximum absolute atomic E-state index is 11.4. The molecule has 0 bridgehead atoms. The zero-order valence-corrected chi connectivity index (χ0v) is 9.49. The summed E-state index contributed by atoms with van der Waals surface area (Å²) >= 11 is 0. The number of rotatable bonds is 3. The third-order valence-electron chi connectivity index (χ3n) is 2.18. The molecule has 0 aromatic heterocycles. The van der Waals surface area contributed by atoms with Crippen molar-refractivity contribution in [2.45, 2.75) is 0 Å². The Balaban J connectivity index is 1.99. The average molecular weight is 238 g/mol. The number of hydrogen-bond donors (Lipinski definition) is 2. The highest BCUT2D eigenvalue weighted by Gasteiger charge is 2.12. The Labute approximate surface area is 98.9 Å². The minimum absolute atomic E-state index is 0.163. The maximum Gasteiger partial charge on any atom is 0.321 e. The van der Waals surface area contributed by atoms with Crippen LogP contribution < -0.4 is 20.1 Å². The molecule has 0 atom stereocenters. The lowest BCUT2D eigenvalue weighted by atomic mass is 10.2. The number of carbonyl (C=O) groups excluding carboxylic acids is 1. The lowest BCUT2D eigenvalue weighted by Crippen LogP contribution is -2.30. The summed E-state index contributed by atoms with van der Waals surface area (Å²) in [6.45, 7) is 1.23. The van der Waals surface area contributed by atoms with Gasteiger partial charge in [0.2, 0.25) is 0 Å². The lowest BCUT2D eigenvalue weighted by Gasteiger charge is -2.19. The van der Waals surface area contributed by atoms with E-state index >= 15 is 0 Å². The molecule has 17 heavy (non-hydrogen) atoms. The van der Waals surface area contributed by atoms with Gasteiger partial charge in [-0.15, -0.1) is 0 Å². The van der Waals surface area contributed by atoms with Crippen LogP contribution in [0, 0.1) is 0 Å². The Morgan fingerprint density at radius 2 is 2.12 bits per heavy atom. The summed E-state index contributed by atoms with van der Waals surface area (Å²) in [5, 5.41) is 5.18. The second kappa shape index (κ2) is 5.40. The fourth-order valence-electron chi connectivity index (χ4n) is 1.43. The Morgan fingerprint density at radius 3 is 2.88 bits per heavy atom. The van der Waals surface area contributed by atoms with Gasteiger partial charge in [0.1, 0.15) is 19.9 Å². The van der Waals surface area contributed by atoms with Crippen LogP contribution in [0.4, 0.5) is 10.5 Å². The van der Waals surface area contributed by atoms with Gasteiger partial charge in [0.25, 0.3) is 0 Å². The van der Waals surface area contributed by atoms with E-state index in [0.717, 1.165) is 0 Å². The fourth-order valence-corrected chi connectivity index (χ4v) is 1.43. The number of methoxy groups -OCH3 is 1. The van der Waals surface area contributed by atoms with Crippen molar-refractivity contribution in [1.82, 2.24) is 5.32 Å². The molecule has 92 valence electrons. The second-order valence-corrected chi connectivity index (χ2v) is 3.42. The topological polar surface area (TPSA) is 68.8 Å². The van der Waals surface area contributed by atoms with Gasteiger partial charge in [-0.2, -0.15) is 0 Å². The van der Waals surface area contributed by atoms with E-state index in [1.54, 1.807) is 18.2 Å². The SMILES string of the molecule is COCNC(=O)Nc1ccc2c(c1)OCCO2. The number of ether oxygens (including phenoxy) is 3. The van der Waals surface area contributed by atoms with Crippen LogP contribution >= 0.6 is 0 Å². The molecule has 2 N–H and O–H groups in total. The number of fused-ring (bicyclic) bond motifs is 1. The van der Waals surface area contributed by atoms with E-state index in [4.69, 9.17) is 14.2 Å². The Hall–Kier alpha value is -1.95. The predicted molar refractivity (Wildman–Crippen MR) is 61.5 cm³/mol. The van der Waals surface area contributed by atoms with Crippen molar-refractivity contribution in [3.63, 3.8) is 0 Å². The van der Waals surface area contributed by atoms with E-state index in [0.29, 0.717) is 30.4 Å². The van der Waals surface area contributed by atoms with Crippen LogP contribution in [0.3, 0.4) is 0 Å². The summed E-state index contributed by atoms with van der Waals surface area (Å²) in [4.78, 5) is 11.4. The van der Waals surface area contributed by atoms with Crippen LogP contribution in [-0.4, -0.2) is 33.1 Å². The van der Waals surface area contributed by atoms with Crippen molar-refractivity contribution in [2.75, 3.05) is 32.4 Å². The van der Waals surface area contributed by atoms with E-state index in [1.807, 2.05) is 0 Å². The van der Waals surface area contributed by atoms with Crippen LogP contribution in [-0.2, 0) is 4.74 Å². The largest absolute Gasteiger partial charge is 0.486 e. The standard InChI is InChI=1S/C11H14N2O4/c1-15-7-12-11(14)13-8-2-3-9-10(6-8)17-5-4-16-9/h2-3,6H,4-5,7H2,1H3,(H2,12,13,14). The molecular weight excluding hydrogens is 224 g/mol. The molecule has 1 aliphatic heterocycles. The molecule has 0 saturated heterocycles. The lowest BCUT2D eigenvalue weighted by molar-refractivity contribution is 0.171. The van der Waals surface area contributed by atoms with Gasteiger partial charge in [0, 0.05) is 18.9 Å². The summed E-state index contributed by atoms with van der Waals surface area (Å²) in [6, 6.07) is 4.91. The zero-order valence-electron chi connectivity index (χ0n) is 9.49. The van der Waals surface area contributed by atoms with E-state index in [2.05, 4.69) is 10.6 Å². The number of benzene rings is 1. The van der Waals surface area contributed by atoms with Gasteiger partial charge in [-0.25, -0.2) is 4.79 Å². The van der Waals surface area contributed by atoms with E-state index in [-0.39, 0.29) is 12.8 Å². The molecule has 0 saturated carbocycles. The summed E-state index contributed by atoms with van der Waals surface area (Å²) < 4.78 is 15.5. The molecule has 0 aliphatic carbocycles. The Morgan fingerprint density at radius 1 is 1.35 bits per heavy atom. The van der Waals surface area contributed by atoms with E-state index < -0.39 is 0 Å². The van der Waals surface area contributed by atoms with E-state index in [1.165, 1.54) is 7.11 Å². The number of anilines is 1. The first-order chi connectivity index (χ1) is 8.29. The number of carbonyl (C=O) groups is 1. The third-order valence-corrected chi connectivity index (χ3v) is 2.18. The summed E-state index contributed by atoms with van der Waals surface area (Å²) in [6.07, 6.45) is 0. The van der Waals surface area contributed by atoms with Crippen molar-refractivity contribution in [3.05, 3.63) is 18.2 Å². The van der Waals surface area contributed by atoms with Crippen molar-refractivity contribution in [1.29, 1.82) is 0 Å². The summed E-state index contributed by atoms with van der Waals surface area (Å²) in [5.74, 6) is 1.33. The molecule has 6 heteroatoms. The zero-order chi connectivity index (χ0) is 12.1. The quantitative estimate of drug-likeness (QED) is 0.776. The number of amides is 2. The summed E-state index contributed by atoms with van der Waals surface area (Å²) in [5.41, 5.74) is 0.642. The molecule has 1 aromatic carbocycles. The van der Waals surface area contributed by atoms with Crippen molar-refractivity contribution < 1.29 is 19.0 Å². The van der Waals surface area contributed by atoms with E-state index in [9.17, 15) is 4.79 Å². The highest BCUT2D eigenvalue weighted by Crippen LogP contribution is 2.32. The molecule has 0 spiro atoms. The Bertz CT molecular complexity index is 408. The fraction of sp³-hybridized carbons (Fsp3) is 0.364. The second-order valence-electron chi connectivity index (χ2n) is 3.42. The first kappa shape index (κ1) is 11.5. The molecule has 0 fully saturated rings. The average Bonchev–Trinajstić information content (AvgIpc) is 2.36. The highest BCUT2D eigenvalue weighted by molar-refractivity contribution is 5.89. The first-order valence-electron chi connectivity index (χ1n) is 5.23. The van der Waals surface area contributed by atoms with Crippen molar-refractivity contribution >= 4 is 11.7 Å². The van der Waals surface area contributed by atoms with Gasteiger partial charge in [-0.3, -0.25) is 0 Å². The van der Waals surface area contributed by atoms with Crippen LogP contribution in [0.1, 0.15) is 0 Å². The van der Waals surface area contributed by atoms with Gasteiger partial charge in [0.05, 0.1) is 0 Å². The monoisotopic (exact) mass is 238 g/mol. The molecule has 2 rings (SSSR count). The molecule has 0 radical (unpaired) electrons. The maximum atomic E-state index is 11.4.